The van der Waals surface area contributed by atoms with E-state index in [4.69, 9.17) is 21.6 Å². The van der Waals surface area contributed by atoms with Gasteiger partial charge < -0.3 is 4.74 Å². The number of benzene rings is 1. The van der Waals surface area contributed by atoms with Crippen molar-refractivity contribution >= 4 is 17.3 Å². The van der Waals surface area contributed by atoms with Crippen LogP contribution < -0.4 is 4.74 Å². The van der Waals surface area contributed by atoms with Gasteiger partial charge in [0.15, 0.2) is 11.8 Å². The third kappa shape index (κ3) is 2.41. The van der Waals surface area contributed by atoms with Gasteiger partial charge >= 0.3 is 5.69 Å². The zero-order valence-corrected chi connectivity index (χ0v) is 8.91. The molecule has 80 valence electrons. The van der Waals surface area contributed by atoms with Gasteiger partial charge in [-0.2, -0.15) is 5.26 Å². The third-order valence-electron chi connectivity index (χ3n) is 1.72. The van der Waals surface area contributed by atoms with E-state index in [1.54, 1.807) is 6.07 Å². The van der Waals surface area contributed by atoms with Crippen LogP contribution in [0, 0.1) is 33.3 Å². The van der Waals surface area contributed by atoms with E-state index >= 15 is 0 Å². The van der Waals surface area contributed by atoms with Gasteiger partial charge in [0.1, 0.15) is 0 Å². The fourth-order valence-electron chi connectivity index (χ4n) is 1.04. The molecule has 0 N–H and O–H groups in total. The molecular weight excluding hydrogens is 232 g/mol. The second-order valence-electron chi connectivity index (χ2n) is 2.62. The van der Waals surface area contributed by atoms with Gasteiger partial charge in [-0.05, 0) is 5.92 Å². The highest BCUT2D eigenvalue weighted by Gasteiger charge is 2.17. The van der Waals surface area contributed by atoms with Gasteiger partial charge in [0.25, 0.3) is 0 Å². The number of methoxy groups -OCH3 is 1. The van der Waals surface area contributed by atoms with Crippen LogP contribution in [0.5, 0.6) is 5.75 Å². The minimum atomic E-state index is -0.604. The second-order valence-corrected chi connectivity index (χ2v) is 3.03. The summed E-state index contributed by atoms with van der Waals surface area (Å²) in [4.78, 5) is 10.1. The van der Waals surface area contributed by atoms with Gasteiger partial charge in [-0.1, -0.05) is 11.6 Å². The maximum Gasteiger partial charge on any atom is 0.312 e. The summed E-state index contributed by atoms with van der Waals surface area (Å²) in [6.07, 6.45) is 0. The molecule has 0 amide bonds. The van der Waals surface area contributed by atoms with Crippen LogP contribution in [-0.4, -0.2) is 12.0 Å². The van der Waals surface area contributed by atoms with Crippen LogP contribution in [0.25, 0.3) is 0 Å². The number of ether oxygens (including phenoxy) is 1. The average Bonchev–Trinajstić information content (AvgIpc) is 2.26. The fraction of sp³-hybridized carbons (Fsp3) is 0.100. The lowest BCUT2D eigenvalue weighted by atomic mass is 10.2. The maximum absolute atomic E-state index is 10.7. The number of hydrogen-bond acceptors (Lipinski definition) is 4. The zero-order valence-electron chi connectivity index (χ0n) is 8.15. The van der Waals surface area contributed by atoms with Crippen LogP contribution in [0.1, 0.15) is 5.56 Å². The Morgan fingerprint density at radius 1 is 1.56 bits per heavy atom. The standard InChI is InChI=1S/C10H5ClN2O3/c1-16-10-6-8(11)7(3-2-4-12)5-9(10)13(14)15/h5-6H,1H3. The molecule has 0 aliphatic heterocycles. The zero-order chi connectivity index (χ0) is 12.1. The van der Waals surface area contributed by atoms with Crippen molar-refractivity contribution in [3.8, 4) is 23.7 Å². The number of halogens is 1. The summed E-state index contributed by atoms with van der Waals surface area (Å²) in [5.41, 5.74) is -0.0233. The fourth-order valence-corrected chi connectivity index (χ4v) is 1.24. The first-order valence-electron chi connectivity index (χ1n) is 4.02. The number of nitriles is 1. The summed E-state index contributed by atoms with van der Waals surface area (Å²) in [6.45, 7) is 0. The third-order valence-corrected chi connectivity index (χ3v) is 2.03. The van der Waals surface area contributed by atoms with Gasteiger partial charge in [-0.15, -0.1) is 0 Å². The minimum absolute atomic E-state index is 0.0532. The summed E-state index contributed by atoms with van der Waals surface area (Å²) in [7, 11) is 1.30. The molecule has 16 heavy (non-hydrogen) atoms. The number of hydrogen-bond donors (Lipinski definition) is 0. The summed E-state index contributed by atoms with van der Waals surface area (Å²) in [6, 6.07) is 4.06. The molecule has 1 aromatic rings. The molecule has 0 unspecified atom stereocenters. The van der Waals surface area contributed by atoms with Gasteiger partial charge in [0.2, 0.25) is 0 Å². The average molecular weight is 237 g/mol. The Labute approximate surface area is 96.4 Å². The van der Waals surface area contributed by atoms with E-state index in [0.29, 0.717) is 0 Å². The predicted octanol–water partition coefficient (Wildman–Crippen LogP) is 2.13. The molecule has 0 radical (unpaired) electrons. The molecule has 0 aliphatic carbocycles. The van der Waals surface area contributed by atoms with Crippen molar-refractivity contribution in [1.29, 1.82) is 5.26 Å². The van der Waals surface area contributed by atoms with E-state index in [0.717, 1.165) is 0 Å². The lowest BCUT2D eigenvalue weighted by Gasteiger charge is -2.03. The van der Waals surface area contributed by atoms with Crippen molar-refractivity contribution in [3.63, 3.8) is 0 Å². The lowest BCUT2D eigenvalue weighted by Crippen LogP contribution is -1.95. The smallest absolute Gasteiger partial charge is 0.312 e. The van der Waals surface area contributed by atoms with Crippen LogP contribution in [0.15, 0.2) is 12.1 Å². The van der Waals surface area contributed by atoms with Crippen LogP contribution in [0.4, 0.5) is 5.69 Å². The van der Waals surface area contributed by atoms with Crippen molar-refractivity contribution in [2.24, 2.45) is 0 Å². The molecule has 5 nitrogen and oxygen atoms in total. The van der Waals surface area contributed by atoms with E-state index in [2.05, 4.69) is 11.8 Å². The quantitative estimate of drug-likeness (QED) is 0.448. The van der Waals surface area contributed by atoms with Crippen LogP contribution in [-0.2, 0) is 0 Å². The number of rotatable bonds is 2. The molecule has 0 saturated heterocycles. The molecule has 6 heteroatoms. The predicted molar refractivity (Wildman–Crippen MR) is 57.1 cm³/mol. The summed E-state index contributed by atoms with van der Waals surface area (Å²) >= 11 is 5.81. The first-order valence-corrected chi connectivity index (χ1v) is 4.40. The monoisotopic (exact) mass is 236 g/mol. The molecule has 0 bridgehead atoms. The molecule has 1 rings (SSSR count). The normalized spacial score (nSPS) is 8.56. The van der Waals surface area contributed by atoms with Crippen LogP contribution in [0.3, 0.4) is 0 Å². The van der Waals surface area contributed by atoms with Crippen molar-refractivity contribution in [2.45, 2.75) is 0 Å². The highest BCUT2D eigenvalue weighted by atomic mass is 35.5. The van der Waals surface area contributed by atoms with E-state index in [1.165, 1.54) is 19.2 Å². The summed E-state index contributed by atoms with van der Waals surface area (Å²) < 4.78 is 4.81. The van der Waals surface area contributed by atoms with Crippen molar-refractivity contribution in [3.05, 3.63) is 32.8 Å². The Bertz CT molecular complexity index is 537. The molecule has 0 spiro atoms. The van der Waals surface area contributed by atoms with E-state index in [1.807, 2.05) is 0 Å². The van der Waals surface area contributed by atoms with Crippen LogP contribution in [0.2, 0.25) is 5.02 Å². The minimum Gasteiger partial charge on any atom is -0.490 e. The molecule has 0 saturated carbocycles. The number of nitrogens with zero attached hydrogens (tertiary/aromatic N) is 2. The Hall–Kier alpha value is -2.24. The van der Waals surface area contributed by atoms with Crippen molar-refractivity contribution in [2.75, 3.05) is 7.11 Å². The highest BCUT2D eigenvalue weighted by molar-refractivity contribution is 6.32. The van der Waals surface area contributed by atoms with Gasteiger partial charge in [-0.3, -0.25) is 10.1 Å². The Morgan fingerprint density at radius 2 is 2.25 bits per heavy atom. The van der Waals surface area contributed by atoms with Crippen molar-refractivity contribution in [1.82, 2.24) is 0 Å². The molecular formula is C10H5ClN2O3. The topological polar surface area (TPSA) is 76.2 Å². The molecule has 1 aromatic carbocycles. The number of nitro groups is 1. The molecule has 0 atom stereocenters. The lowest BCUT2D eigenvalue weighted by molar-refractivity contribution is -0.385. The molecule has 0 fully saturated rings. The maximum atomic E-state index is 10.7. The second kappa shape index (κ2) is 5.01. The number of nitro benzene ring substituents is 1. The van der Waals surface area contributed by atoms with Gasteiger partial charge in [0, 0.05) is 18.1 Å². The van der Waals surface area contributed by atoms with E-state index in [-0.39, 0.29) is 22.0 Å². The Morgan fingerprint density at radius 3 is 2.75 bits per heavy atom. The Balaban J connectivity index is 3.40. The Kier molecular flexibility index (Phi) is 3.71. The summed E-state index contributed by atoms with van der Waals surface area (Å²) in [5.74, 6) is 4.58. The van der Waals surface area contributed by atoms with Crippen molar-refractivity contribution < 1.29 is 9.66 Å². The SMILES string of the molecule is COc1cc(Cl)c(C#CC#N)cc1[N+](=O)[O-]. The summed E-state index contributed by atoms with van der Waals surface area (Å²) in [5, 5.41) is 19.2. The largest absolute Gasteiger partial charge is 0.490 e. The molecule has 0 aliphatic rings. The van der Waals surface area contributed by atoms with Gasteiger partial charge in [-0.25, -0.2) is 0 Å². The first-order chi connectivity index (χ1) is 7.60. The van der Waals surface area contributed by atoms with E-state index < -0.39 is 4.92 Å². The van der Waals surface area contributed by atoms with Crippen LogP contribution >= 0.6 is 11.6 Å². The first kappa shape index (κ1) is 11.8. The molecule has 0 aromatic heterocycles. The molecule has 0 heterocycles. The van der Waals surface area contributed by atoms with Gasteiger partial charge in [0.05, 0.1) is 22.6 Å². The van der Waals surface area contributed by atoms with E-state index in [9.17, 15) is 10.1 Å². The highest BCUT2D eigenvalue weighted by Crippen LogP contribution is 2.32.